The van der Waals surface area contributed by atoms with Gasteiger partial charge < -0.3 is 5.32 Å². The third-order valence-electron chi connectivity index (χ3n) is 6.02. The van der Waals surface area contributed by atoms with E-state index in [9.17, 15) is 23.6 Å². The van der Waals surface area contributed by atoms with Gasteiger partial charge in [0.25, 0.3) is 5.56 Å². The molecule has 170 valence electrons. The predicted molar refractivity (Wildman–Crippen MR) is 120 cm³/mol. The van der Waals surface area contributed by atoms with Gasteiger partial charge >= 0.3 is 0 Å². The third kappa shape index (κ3) is 4.60. The van der Waals surface area contributed by atoms with Gasteiger partial charge in [0.15, 0.2) is 5.78 Å². The Balaban J connectivity index is 1.61. The first-order chi connectivity index (χ1) is 15.7. The van der Waals surface area contributed by atoms with Crippen molar-refractivity contribution in [3.8, 4) is 0 Å². The summed E-state index contributed by atoms with van der Waals surface area (Å²) in [7, 11) is 0. The van der Waals surface area contributed by atoms with E-state index in [1.54, 1.807) is 44.2 Å². The number of fused-ring (bicyclic) bond motifs is 1. The van der Waals surface area contributed by atoms with E-state index in [1.807, 2.05) is 0 Å². The number of carbonyl (C=O) groups is 3. The number of rotatable bonds is 5. The molecule has 8 heteroatoms. The molecule has 1 heterocycles. The minimum Gasteiger partial charge on any atom is -0.352 e. The predicted octanol–water partition coefficient (Wildman–Crippen LogP) is 2.87. The van der Waals surface area contributed by atoms with Gasteiger partial charge in [-0.3, -0.25) is 23.7 Å². The van der Waals surface area contributed by atoms with Crippen LogP contribution in [0.3, 0.4) is 0 Å². The summed E-state index contributed by atoms with van der Waals surface area (Å²) in [6.45, 7) is 3.41. The van der Waals surface area contributed by atoms with E-state index in [0.717, 1.165) is 0 Å². The van der Waals surface area contributed by atoms with Gasteiger partial charge in [-0.1, -0.05) is 24.3 Å². The number of aryl methyl sites for hydroxylation is 2. The van der Waals surface area contributed by atoms with Crippen LogP contribution in [0, 0.1) is 19.7 Å². The molecule has 1 unspecified atom stereocenters. The normalized spacial score (nSPS) is 16.3. The summed E-state index contributed by atoms with van der Waals surface area (Å²) in [5.74, 6) is -0.670. The monoisotopic (exact) mass is 449 g/mol. The molecule has 1 atom stereocenters. The molecule has 1 N–H and O–H groups in total. The van der Waals surface area contributed by atoms with Gasteiger partial charge in [0.05, 0.1) is 29.8 Å². The van der Waals surface area contributed by atoms with Crippen molar-refractivity contribution in [3.05, 3.63) is 75.1 Å². The van der Waals surface area contributed by atoms with Crippen LogP contribution in [-0.2, 0) is 27.3 Å². The number of nitrogens with one attached hydrogen (secondary N) is 1. The molecule has 3 aromatic rings. The maximum atomic E-state index is 13.8. The highest BCUT2D eigenvalue weighted by Crippen LogP contribution is 2.24. The molecule has 4 rings (SSSR count). The molecule has 0 aliphatic heterocycles. The Morgan fingerprint density at radius 1 is 1.18 bits per heavy atom. The molecular formula is C25H24FN3O4. The van der Waals surface area contributed by atoms with Crippen LogP contribution in [0.4, 0.5) is 4.39 Å². The van der Waals surface area contributed by atoms with E-state index in [0.29, 0.717) is 33.4 Å². The topological polar surface area (TPSA) is 98.1 Å². The second-order valence-corrected chi connectivity index (χ2v) is 8.42. The first-order valence-corrected chi connectivity index (χ1v) is 10.8. The molecule has 1 saturated carbocycles. The lowest BCUT2D eigenvalue weighted by Gasteiger charge is -2.24. The fourth-order valence-electron chi connectivity index (χ4n) is 4.26. The molecule has 0 saturated heterocycles. The summed E-state index contributed by atoms with van der Waals surface area (Å²) in [6, 6.07) is 9.13. The van der Waals surface area contributed by atoms with Crippen LogP contribution in [0.5, 0.6) is 0 Å². The molecular weight excluding hydrogens is 425 g/mol. The average molecular weight is 449 g/mol. The van der Waals surface area contributed by atoms with Gasteiger partial charge in [-0.15, -0.1) is 0 Å². The van der Waals surface area contributed by atoms with Crippen molar-refractivity contribution in [2.24, 2.45) is 0 Å². The molecule has 1 amide bonds. The Morgan fingerprint density at radius 3 is 2.70 bits per heavy atom. The van der Waals surface area contributed by atoms with Crippen molar-refractivity contribution in [1.82, 2.24) is 14.9 Å². The Morgan fingerprint density at radius 2 is 1.97 bits per heavy atom. The summed E-state index contributed by atoms with van der Waals surface area (Å²) in [5.41, 5.74) is 1.74. The third-order valence-corrected chi connectivity index (χ3v) is 6.02. The van der Waals surface area contributed by atoms with E-state index in [1.165, 1.54) is 10.6 Å². The van der Waals surface area contributed by atoms with E-state index in [-0.39, 0.29) is 61.1 Å². The number of Topliss-reactive ketones (excluding diaryl/α,β-unsaturated/α-hetero) is 2. The SMILES string of the molecule is Cc1ccc(CC(=O)NCc2cccc3nc(C)n(C4CCC(=O)CC4=O)c(=O)c23)cc1F. The summed E-state index contributed by atoms with van der Waals surface area (Å²) in [6.07, 6.45) is 0.356. The Hall–Kier alpha value is -3.68. The number of halogens is 1. The minimum absolute atomic E-state index is 0.00810. The van der Waals surface area contributed by atoms with E-state index in [4.69, 9.17) is 0 Å². The Labute approximate surface area is 189 Å². The number of carbonyl (C=O) groups excluding carboxylic acids is 3. The number of hydrogen-bond donors (Lipinski definition) is 1. The van der Waals surface area contributed by atoms with Crippen molar-refractivity contribution >= 4 is 28.4 Å². The second-order valence-electron chi connectivity index (χ2n) is 8.42. The lowest BCUT2D eigenvalue weighted by molar-refractivity contribution is -0.132. The van der Waals surface area contributed by atoms with Gasteiger partial charge in [-0.25, -0.2) is 9.37 Å². The highest BCUT2D eigenvalue weighted by Gasteiger charge is 2.31. The van der Waals surface area contributed by atoms with Gasteiger partial charge in [0.1, 0.15) is 17.4 Å². The van der Waals surface area contributed by atoms with Crippen molar-refractivity contribution in [2.75, 3.05) is 0 Å². The standard InChI is InChI=1S/C25H24FN3O4/c1-14-6-7-16(10-19(14)26)11-23(32)27-13-17-4-3-5-20-24(17)25(33)29(15(2)28-20)21-9-8-18(30)12-22(21)31/h3-7,10,21H,8-9,11-13H2,1-2H3,(H,27,32). The van der Waals surface area contributed by atoms with Gasteiger partial charge in [0, 0.05) is 13.0 Å². The average Bonchev–Trinajstić information content (AvgIpc) is 2.76. The summed E-state index contributed by atoms with van der Waals surface area (Å²) in [4.78, 5) is 54.5. The largest absolute Gasteiger partial charge is 0.352 e. The maximum absolute atomic E-state index is 13.8. The first kappa shape index (κ1) is 22.5. The zero-order valence-electron chi connectivity index (χ0n) is 18.5. The van der Waals surface area contributed by atoms with Crippen LogP contribution in [0.1, 0.15) is 47.8 Å². The highest BCUT2D eigenvalue weighted by molar-refractivity contribution is 6.03. The number of aromatic nitrogens is 2. The molecule has 0 bridgehead atoms. The molecule has 1 aliphatic carbocycles. The minimum atomic E-state index is -0.716. The fraction of sp³-hybridized carbons (Fsp3) is 0.320. The second kappa shape index (κ2) is 9.05. The van der Waals surface area contributed by atoms with E-state index < -0.39 is 6.04 Å². The van der Waals surface area contributed by atoms with Crippen LogP contribution in [0.25, 0.3) is 10.9 Å². The summed E-state index contributed by atoms with van der Waals surface area (Å²) >= 11 is 0. The van der Waals surface area contributed by atoms with Crippen LogP contribution in [0.15, 0.2) is 41.2 Å². The van der Waals surface area contributed by atoms with Gasteiger partial charge in [-0.2, -0.15) is 0 Å². The van der Waals surface area contributed by atoms with Crippen LogP contribution >= 0.6 is 0 Å². The molecule has 1 fully saturated rings. The molecule has 2 aromatic carbocycles. The number of benzene rings is 2. The zero-order chi connectivity index (χ0) is 23.7. The number of hydrogen-bond acceptors (Lipinski definition) is 5. The number of amides is 1. The van der Waals surface area contributed by atoms with Crippen LogP contribution < -0.4 is 10.9 Å². The molecule has 1 aliphatic rings. The van der Waals surface area contributed by atoms with Crippen LogP contribution in [-0.4, -0.2) is 27.0 Å². The quantitative estimate of drug-likeness (QED) is 0.604. The van der Waals surface area contributed by atoms with E-state index >= 15 is 0 Å². The summed E-state index contributed by atoms with van der Waals surface area (Å²) in [5, 5.41) is 3.11. The molecule has 7 nitrogen and oxygen atoms in total. The van der Waals surface area contributed by atoms with Crippen molar-refractivity contribution in [1.29, 1.82) is 0 Å². The van der Waals surface area contributed by atoms with Crippen LogP contribution in [0.2, 0.25) is 0 Å². The maximum Gasteiger partial charge on any atom is 0.262 e. The lowest BCUT2D eigenvalue weighted by atomic mass is 9.92. The van der Waals surface area contributed by atoms with Crippen molar-refractivity contribution in [3.63, 3.8) is 0 Å². The zero-order valence-corrected chi connectivity index (χ0v) is 18.5. The van der Waals surface area contributed by atoms with Gasteiger partial charge in [0.2, 0.25) is 5.91 Å². The van der Waals surface area contributed by atoms with E-state index in [2.05, 4.69) is 10.3 Å². The van der Waals surface area contributed by atoms with Gasteiger partial charge in [-0.05, 0) is 49.1 Å². The number of nitrogens with zero attached hydrogens (tertiary/aromatic N) is 2. The molecule has 0 spiro atoms. The smallest absolute Gasteiger partial charge is 0.262 e. The summed E-state index contributed by atoms with van der Waals surface area (Å²) < 4.78 is 15.1. The first-order valence-electron chi connectivity index (χ1n) is 10.8. The fourth-order valence-corrected chi connectivity index (χ4v) is 4.26. The number of ketones is 2. The Bertz CT molecular complexity index is 1350. The molecule has 0 radical (unpaired) electrons. The molecule has 1 aromatic heterocycles. The molecule has 33 heavy (non-hydrogen) atoms. The van der Waals surface area contributed by atoms with Crippen molar-refractivity contribution < 1.29 is 18.8 Å². The van der Waals surface area contributed by atoms with Crippen molar-refractivity contribution in [2.45, 2.75) is 52.1 Å². The highest BCUT2D eigenvalue weighted by atomic mass is 19.1. The Kier molecular flexibility index (Phi) is 6.18. The lowest BCUT2D eigenvalue weighted by Crippen LogP contribution is -2.36.